The third-order valence-corrected chi connectivity index (χ3v) is 4.84. The van der Waals surface area contributed by atoms with Crippen LogP contribution in [0.1, 0.15) is 51.3 Å². The molecule has 2 rings (SSSR count). The highest BCUT2D eigenvalue weighted by Crippen LogP contribution is 2.42. The van der Waals surface area contributed by atoms with E-state index in [-0.39, 0.29) is 23.5 Å². The number of hydrogen-bond acceptors (Lipinski definition) is 3. The Morgan fingerprint density at radius 1 is 1.13 bits per heavy atom. The molecule has 1 atom stereocenters. The number of fused-ring (bicyclic) bond motifs is 1. The van der Waals surface area contributed by atoms with E-state index in [1.165, 1.54) is 29.4 Å². The van der Waals surface area contributed by atoms with Crippen LogP contribution in [-0.2, 0) is 9.53 Å². The van der Waals surface area contributed by atoms with Crippen LogP contribution < -0.4 is 4.90 Å². The molecular formula is C20H29NO2. The van der Waals surface area contributed by atoms with Crippen molar-refractivity contribution in [3.8, 4) is 0 Å². The molecule has 0 aliphatic carbocycles. The highest BCUT2D eigenvalue weighted by molar-refractivity contribution is 5.88. The van der Waals surface area contributed by atoms with E-state index in [2.05, 4.69) is 71.6 Å². The summed E-state index contributed by atoms with van der Waals surface area (Å²) in [6.45, 7) is 14.9. The molecule has 0 radical (unpaired) electrons. The van der Waals surface area contributed by atoms with Crippen molar-refractivity contribution < 1.29 is 9.53 Å². The van der Waals surface area contributed by atoms with E-state index in [9.17, 15) is 4.79 Å². The predicted octanol–water partition coefficient (Wildman–Crippen LogP) is 4.50. The molecule has 1 aromatic carbocycles. The van der Waals surface area contributed by atoms with Crippen LogP contribution in [0.2, 0.25) is 0 Å². The summed E-state index contributed by atoms with van der Waals surface area (Å²) in [5.41, 5.74) is 5.87. The van der Waals surface area contributed by atoms with E-state index in [1.807, 2.05) is 0 Å². The normalized spacial score (nSPS) is 17.6. The van der Waals surface area contributed by atoms with Gasteiger partial charge in [-0.2, -0.15) is 0 Å². The summed E-state index contributed by atoms with van der Waals surface area (Å²) in [7, 11) is 1.47. The van der Waals surface area contributed by atoms with Gasteiger partial charge in [-0.25, -0.2) is 4.79 Å². The van der Waals surface area contributed by atoms with Crippen LogP contribution in [0.5, 0.6) is 0 Å². The van der Waals surface area contributed by atoms with Gasteiger partial charge in [0.1, 0.15) is 6.04 Å². The fourth-order valence-electron chi connectivity index (χ4n) is 3.61. The second-order valence-corrected chi connectivity index (χ2v) is 7.52. The van der Waals surface area contributed by atoms with Crippen LogP contribution in [0, 0.1) is 19.8 Å². The van der Waals surface area contributed by atoms with Crippen molar-refractivity contribution in [3.05, 3.63) is 34.9 Å². The molecule has 0 fully saturated rings. The molecule has 3 heteroatoms. The van der Waals surface area contributed by atoms with Gasteiger partial charge in [0.2, 0.25) is 0 Å². The van der Waals surface area contributed by atoms with Gasteiger partial charge in [0.15, 0.2) is 0 Å². The minimum absolute atomic E-state index is 0.156. The summed E-state index contributed by atoms with van der Waals surface area (Å²) >= 11 is 0. The van der Waals surface area contributed by atoms with Gasteiger partial charge in [0.25, 0.3) is 0 Å². The van der Waals surface area contributed by atoms with Crippen LogP contribution in [0.3, 0.4) is 0 Å². The number of rotatable bonds is 3. The first-order chi connectivity index (χ1) is 10.6. The Morgan fingerprint density at radius 3 is 2.22 bits per heavy atom. The Labute approximate surface area is 140 Å². The second-order valence-electron chi connectivity index (χ2n) is 7.52. The maximum Gasteiger partial charge on any atom is 0.328 e. The number of aryl methyl sites for hydroxylation is 2. The van der Waals surface area contributed by atoms with Crippen molar-refractivity contribution in [2.75, 3.05) is 12.0 Å². The first-order valence-corrected chi connectivity index (χ1v) is 8.28. The number of anilines is 1. The third kappa shape index (κ3) is 3.01. The topological polar surface area (TPSA) is 29.5 Å². The number of esters is 1. The number of nitrogens with zero attached hydrogens (tertiary/aromatic N) is 1. The smallest absolute Gasteiger partial charge is 0.328 e. The fraction of sp³-hybridized carbons (Fsp3) is 0.550. The zero-order valence-corrected chi connectivity index (χ0v) is 15.7. The van der Waals surface area contributed by atoms with Gasteiger partial charge in [-0.15, -0.1) is 0 Å². The van der Waals surface area contributed by atoms with E-state index in [1.54, 1.807) is 0 Å². The summed E-state index contributed by atoms with van der Waals surface area (Å²) in [6, 6.07) is 4.13. The quantitative estimate of drug-likeness (QED) is 0.769. The maximum atomic E-state index is 12.5. The first-order valence-electron chi connectivity index (χ1n) is 8.28. The van der Waals surface area contributed by atoms with E-state index in [4.69, 9.17) is 4.74 Å². The minimum atomic E-state index is -0.305. The molecule has 23 heavy (non-hydrogen) atoms. The first kappa shape index (κ1) is 17.6. The van der Waals surface area contributed by atoms with E-state index in [0.717, 1.165) is 5.69 Å². The molecular weight excluding hydrogens is 286 g/mol. The Morgan fingerprint density at radius 2 is 1.70 bits per heavy atom. The van der Waals surface area contributed by atoms with Crippen molar-refractivity contribution in [1.82, 2.24) is 0 Å². The van der Waals surface area contributed by atoms with Crippen molar-refractivity contribution in [1.29, 1.82) is 0 Å². The molecule has 0 aromatic heterocycles. The molecule has 126 valence electrons. The summed E-state index contributed by atoms with van der Waals surface area (Å²) < 4.78 is 5.11. The zero-order chi connectivity index (χ0) is 17.5. The molecule has 0 unspecified atom stereocenters. The maximum absolute atomic E-state index is 12.5. The van der Waals surface area contributed by atoms with Gasteiger partial charge >= 0.3 is 5.97 Å². The summed E-state index contributed by atoms with van der Waals surface area (Å²) in [4.78, 5) is 14.7. The predicted molar refractivity (Wildman–Crippen MR) is 96.8 cm³/mol. The van der Waals surface area contributed by atoms with E-state index >= 15 is 0 Å². The average Bonchev–Trinajstić information content (AvgIpc) is 2.44. The Hall–Kier alpha value is -1.77. The Balaban J connectivity index is 2.72. The van der Waals surface area contributed by atoms with Crippen LogP contribution in [0.4, 0.5) is 5.69 Å². The molecule has 0 saturated heterocycles. The molecule has 0 amide bonds. The number of benzene rings is 1. The lowest BCUT2D eigenvalue weighted by Gasteiger charge is -2.48. The SMILES string of the molecule is COC(=O)[C@@H](C(C)C)N1c2cc(C)c(C)cc2C(C)=CC1(C)C. The lowest BCUT2D eigenvalue weighted by Crippen LogP contribution is -2.56. The minimum Gasteiger partial charge on any atom is -0.467 e. The van der Waals surface area contributed by atoms with Crippen molar-refractivity contribution >= 4 is 17.2 Å². The lowest BCUT2D eigenvalue weighted by molar-refractivity contribution is -0.143. The van der Waals surface area contributed by atoms with Gasteiger partial charge in [-0.05, 0) is 69.4 Å². The Kier molecular flexibility index (Phi) is 4.61. The molecule has 1 heterocycles. The van der Waals surface area contributed by atoms with Gasteiger partial charge < -0.3 is 9.64 Å². The number of carbonyl (C=O) groups excluding carboxylic acids is 1. The van der Waals surface area contributed by atoms with Crippen LogP contribution in [0.25, 0.3) is 5.57 Å². The number of hydrogen-bond donors (Lipinski definition) is 0. The average molecular weight is 315 g/mol. The number of methoxy groups -OCH3 is 1. The number of carbonyl (C=O) groups is 1. The molecule has 0 N–H and O–H groups in total. The van der Waals surface area contributed by atoms with E-state index < -0.39 is 0 Å². The monoisotopic (exact) mass is 315 g/mol. The third-order valence-electron chi connectivity index (χ3n) is 4.84. The van der Waals surface area contributed by atoms with Crippen molar-refractivity contribution in [2.45, 2.75) is 60.0 Å². The van der Waals surface area contributed by atoms with Crippen LogP contribution in [-0.4, -0.2) is 24.7 Å². The van der Waals surface area contributed by atoms with Crippen molar-refractivity contribution in [3.63, 3.8) is 0 Å². The van der Waals surface area contributed by atoms with E-state index in [0.29, 0.717) is 0 Å². The van der Waals surface area contributed by atoms with Gasteiger partial charge in [-0.3, -0.25) is 0 Å². The standard InChI is InChI=1S/C20H29NO2/c1-12(2)18(19(22)23-8)21-17-10-14(4)13(3)9-16(17)15(5)11-20(21,6)7/h9-12,18H,1-8H3/t18-/m1/s1. The molecule has 0 saturated carbocycles. The molecule has 0 bridgehead atoms. The molecule has 1 aromatic rings. The van der Waals surface area contributed by atoms with Gasteiger partial charge in [0, 0.05) is 11.3 Å². The lowest BCUT2D eigenvalue weighted by atomic mass is 9.84. The molecule has 0 spiro atoms. The summed E-state index contributed by atoms with van der Waals surface area (Å²) in [5.74, 6) is -0.0202. The van der Waals surface area contributed by atoms with Crippen LogP contribution in [0.15, 0.2) is 18.2 Å². The highest BCUT2D eigenvalue weighted by Gasteiger charge is 2.41. The molecule has 1 aliphatic heterocycles. The van der Waals surface area contributed by atoms with Crippen molar-refractivity contribution in [2.24, 2.45) is 5.92 Å². The highest BCUT2D eigenvalue weighted by atomic mass is 16.5. The largest absolute Gasteiger partial charge is 0.467 e. The van der Waals surface area contributed by atoms with Gasteiger partial charge in [0.05, 0.1) is 12.6 Å². The summed E-state index contributed by atoms with van der Waals surface area (Å²) in [5, 5.41) is 0. The molecule has 1 aliphatic rings. The summed E-state index contributed by atoms with van der Waals surface area (Å²) in [6.07, 6.45) is 2.25. The zero-order valence-electron chi connectivity index (χ0n) is 15.7. The second kappa shape index (κ2) is 6.03. The number of allylic oxidation sites excluding steroid dienone is 1. The fourth-order valence-corrected chi connectivity index (χ4v) is 3.61. The van der Waals surface area contributed by atoms with Crippen LogP contribution >= 0.6 is 0 Å². The van der Waals surface area contributed by atoms with Gasteiger partial charge in [-0.1, -0.05) is 19.9 Å². The molecule has 3 nitrogen and oxygen atoms in total. The Bertz CT molecular complexity index is 656. The number of ether oxygens (including phenoxy) is 1.